The molecule has 94 valence electrons. The third-order valence-corrected chi connectivity index (χ3v) is 4.27. The molecule has 1 heterocycles. The second-order valence-corrected chi connectivity index (χ2v) is 6.14. The molecule has 1 unspecified atom stereocenters. The molecule has 0 saturated heterocycles. The van der Waals surface area contributed by atoms with Crippen LogP contribution in [0.25, 0.3) is 0 Å². The highest BCUT2D eigenvalue weighted by Crippen LogP contribution is 2.24. The number of ether oxygens (including phenoxy) is 1. The second-order valence-electron chi connectivity index (χ2n) is 4.23. The standard InChI is InChI=1S/C11H16N2O3S/c1-13(2)17(14,15)12-10-7-9-5-3-4-6-11(9)16-8-10/h3-6,10,12H,7-8H2,1-2H3. The number of para-hydroxylation sites is 1. The van der Waals surface area contributed by atoms with Crippen LogP contribution in [0.3, 0.4) is 0 Å². The minimum absolute atomic E-state index is 0.211. The van der Waals surface area contributed by atoms with E-state index >= 15 is 0 Å². The monoisotopic (exact) mass is 256 g/mol. The molecule has 17 heavy (non-hydrogen) atoms. The van der Waals surface area contributed by atoms with Crippen LogP contribution < -0.4 is 9.46 Å². The first-order chi connectivity index (χ1) is 7.99. The summed E-state index contributed by atoms with van der Waals surface area (Å²) in [4.78, 5) is 0. The molecule has 1 aromatic carbocycles. The van der Waals surface area contributed by atoms with Crippen LogP contribution in [0.15, 0.2) is 24.3 Å². The van der Waals surface area contributed by atoms with E-state index in [2.05, 4.69) is 4.72 Å². The number of hydrogen-bond donors (Lipinski definition) is 1. The van der Waals surface area contributed by atoms with Gasteiger partial charge in [0.2, 0.25) is 0 Å². The van der Waals surface area contributed by atoms with Crippen molar-refractivity contribution < 1.29 is 13.2 Å². The van der Waals surface area contributed by atoms with Crippen molar-refractivity contribution in [3.63, 3.8) is 0 Å². The van der Waals surface area contributed by atoms with Crippen molar-refractivity contribution in [1.29, 1.82) is 0 Å². The molecule has 0 saturated carbocycles. The number of nitrogens with zero attached hydrogens (tertiary/aromatic N) is 1. The predicted octanol–water partition coefficient (Wildman–Crippen LogP) is 0.386. The number of hydrogen-bond acceptors (Lipinski definition) is 3. The lowest BCUT2D eigenvalue weighted by molar-refractivity contribution is 0.252. The largest absolute Gasteiger partial charge is 0.492 e. The first-order valence-electron chi connectivity index (χ1n) is 5.39. The lowest BCUT2D eigenvalue weighted by Gasteiger charge is -2.26. The quantitative estimate of drug-likeness (QED) is 0.851. The molecule has 5 nitrogen and oxygen atoms in total. The highest BCUT2D eigenvalue weighted by atomic mass is 32.2. The maximum absolute atomic E-state index is 11.7. The Kier molecular flexibility index (Phi) is 3.37. The number of rotatable bonds is 3. The molecule has 1 aliphatic rings. The second kappa shape index (κ2) is 4.64. The van der Waals surface area contributed by atoms with Crippen LogP contribution in [0, 0.1) is 0 Å². The van der Waals surface area contributed by atoms with Crippen molar-refractivity contribution >= 4 is 10.2 Å². The van der Waals surface area contributed by atoms with Crippen LogP contribution in [0.5, 0.6) is 5.75 Å². The summed E-state index contributed by atoms with van der Waals surface area (Å²) in [7, 11) is -0.397. The Bertz CT molecular complexity index is 499. The molecule has 6 heteroatoms. The van der Waals surface area contributed by atoms with Gasteiger partial charge in [0.15, 0.2) is 0 Å². The Labute approximate surface area is 102 Å². The fourth-order valence-corrected chi connectivity index (χ4v) is 2.50. The number of benzene rings is 1. The van der Waals surface area contributed by atoms with Crippen LogP contribution in [0.4, 0.5) is 0 Å². The third kappa shape index (κ3) is 2.77. The number of nitrogens with one attached hydrogen (secondary N) is 1. The average molecular weight is 256 g/mol. The van der Waals surface area contributed by atoms with Crippen LogP contribution in [0.2, 0.25) is 0 Å². The summed E-state index contributed by atoms with van der Waals surface area (Å²) in [5.74, 6) is 0.841. The summed E-state index contributed by atoms with van der Waals surface area (Å²) < 4.78 is 32.6. The molecular weight excluding hydrogens is 240 g/mol. The average Bonchev–Trinajstić information content (AvgIpc) is 2.28. The van der Waals surface area contributed by atoms with E-state index in [4.69, 9.17) is 4.74 Å². The number of fused-ring (bicyclic) bond motifs is 1. The van der Waals surface area contributed by atoms with Gasteiger partial charge in [-0.25, -0.2) is 0 Å². The van der Waals surface area contributed by atoms with Crippen molar-refractivity contribution in [1.82, 2.24) is 9.03 Å². The van der Waals surface area contributed by atoms with E-state index in [-0.39, 0.29) is 6.04 Å². The maximum atomic E-state index is 11.7. The van der Waals surface area contributed by atoms with Crippen molar-refractivity contribution in [3.8, 4) is 5.75 Å². The van der Waals surface area contributed by atoms with Gasteiger partial charge in [-0.15, -0.1) is 0 Å². The molecule has 0 fully saturated rings. The van der Waals surface area contributed by atoms with Gasteiger partial charge in [0.05, 0.1) is 6.04 Å². The topological polar surface area (TPSA) is 58.6 Å². The van der Waals surface area contributed by atoms with Gasteiger partial charge in [0.1, 0.15) is 12.4 Å². The summed E-state index contributed by atoms with van der Waals surface area (Å²) >= 11 is 0. The molecule has 0 aliphatic carbocycles. The Balaban J connectivity index is 2.09. The van der Waals surface area contributed by atoms with Gasteiger partial charge in [0.25, 0.3) is 10.2 Å². The van der Waals surface area contributed by atoms with Crippen LogP contribution in [0.1, 0.15) is 5.56 Å². The smallest absolute Gasteiger partial charge is 0.279 e. The molecule has 1 N–H and O–H groups in total. The van der Waals surface area contributed by atoms with E-state index < -0.39 is 10.2 Å². The summed E-state index contributed by atoms with van der Waals surface area (Å²) in [6.07, 6.45) is 0.656. The van der Waals surface area contributed by atoms with Gasteiger partial charge in [-0.2, -0.15) is 17.4 Å². The van der Waals surface area contributed by atoms with Crippen LogP contribution in [-0.4, -0.2) is 39.5 Å². The molecule has 0 amide bonds. The molecule has 0 aromatic heterocycles. The SMILES string of the molecule is CN(C)S(=O)(=O)NC1COc2ccccc2C1. The Hall–Kier alpha value is -1.11. The van der Waals surface area contributed by atoms with E-state index in [1.54, 1.807) is 0 Å². The first kappa shape index (κ1) is 12.3. The molecular formula is C11H16N2O3S. The first-order valence-corrected chi connectivity index (χ1v) is 6.83. The molecule has 0 spiro atoms. The third-order valence-electron chi connectivity index (χ3n) is 2.68. The minimum atomic E-state index is -3.40. The van der Waals surface area contributed by atoms with Gasteiger partial charge in [-0.05, 0) is 18.1 Å². The van der Waals surface area contributed by atoms with Crippen molar-refractivity contribution in [3.05, 3.63) is 29.8 Å². The van der Waals surface area contributed by atoms with E-state index in [0.29, 0.717) is 13.0 Å². The maximum Gasteiger partial charge on any atom is 0.279 e. The highest BCUT2D eigenvalue weighted by Gasteiger charge is 2.24. The molecule has 2 rings (SSSR count). The molecule has 0 radical (unpaired) electrons. The van der Waals surface area contributed by atoms with E-state index in [1.165, 1.54) is 14.1 Å². The molecule has 0 bridgehead atoms. The Morgan fingerprint density at radius 3 is 2.76 bits per heavy atom. The zero-order valence-corrected chi connectivity index (χ0v) is 10.7. The summed E-state index contributed by atoms with van der Waals surface area (Å²) in [5, 5.41) is 0. The van der Waals surface area contributed by atoms with E-state index in [1.807, 2.05) is 24.3 Å². The minimum Gasteiger partial charge on any atom is -0.492 e. The summed E-state index contributed by atoms with van der Waals surface area (Å²) in [6.45, 7) is 0.365. The fraction of sp³-hybridized carbons (Fsp3) is 0.455. The van der Waals surface area contributed by atoms with Crippen LogP contribution in [-0.2, 0) is 16.6 Å². The van der Waals surface area contributed by atoms with Gasteiger partial charge >= 0.3 is 0 Å². The normalized spacial score (nSPS) is 19.8. The molecule has 1 aromatic rings. The molecule has 1 atom stereocenters. The van der Waals surface area contributed by atoms with Crippen LogP contribution >= 0.6 is 0 Å². The summed E-state index contributed by atoms with van der Waals surface area (Å²) in [5.41, 5.74) is 1.03. The Morgan fingerprint density at radius 1 is 1.35 bits per heavy atom. The van der Waals surface area contributed by atoms with Crippen molar-refractivity contribution in [2.45, 2.75) is 12.5 Å². The van der Waals surface area contributed by atoms with Crippen molar-refractivity contribution in [2.24, 2.45) is 0 Å². The van der Waals surface area contributed by atoms with Crippen molar-refractivity contribution in [2.75, 3.05) is 20.7 Å². The Morgan fingerprint density at radius 2 is 2.06 bits per heavy atom. The van der Waals surface area contributed by atoms with Gasteiger partial charge in [-0.3, -0.25) is 0 Å². The fourth-order valence-electron chi connectivity index (χ4n) is 1.72. The van der Waals surface area contributed by atoms with E-state index in [0.717, 1.165) is 15.6 Å². The highest BCUT2D eigenvalue weighted by molar-refractivity contribution is 7.87. The van der Waals surface area contributed by atoms with Gasteiger partial charge < -0.3 is 4.74 Å². The lowest BCUT2D eigenvalue weighted by Crippen LogP contribution is -2.47. The van der Waals surface area contributed by atoms with E-state index in [9.17, 15) is 8.42 Å². The summed E-state index contributed by atoms with van der Waals surface area (Å²) in [6, 6.07) is 7.46. The van der Waals surface area contributed by atoms with Gasteiger partial charge in [0, 0.05) is 14.1 Å². The predicted molar refractivity (Wildman–Crippen MR) is 65.2 cm³/mol. The zero-order chi connectivity index (χ0) is 12.5. The molecule has 1 aliphatic heterocycles. The lowest BCUT2D eigenvalue weighted by atomic mass is 10.0. The zero-order valence-electron chi connectivity index (χ0n) is 9.88. The van der Waals surface area contributed by atoms with Gasteiger partial charge in [-0.1, -0.05) is 18.2 Å².